The van der Waals surface area contributed by atoms with Crippen molar-refractivity contribution in [2.24, 2.45) is 5.92 Å². The molecule has 6 heteroatoms. The van der Waals surface area contributed by atoms with Crippen LogP contribution in [0.25, 0.3) is 0 Å². The van der Waals surface area contributed by atoms with Crippen LogP contribution in [0.5, 0.6) is 0 Å². The lowest BCUT2D eigenvalue weighted by Gasteiger charge is -2.18. The molecule has 0 saturated carbocycles. The molecule has 1 aromatic heterocycles. The summed E-state index contributed by atoms with van der Waals surface area (Å²) in [5, 5.41) is 2.97. The van der Waals surface area contributed by atoms with E-state index in [0.717, 1.165) is 15.7 Å². The van der Waals surface area contributed by atoms with Crippen molar-refractivity contribution in [1.82, 2.24) is 10.3 Å². The molecule has 1 aromatic carbocycles. The lowest BCUT2D eigenvalue weighted by Crippen LogP contribution is -2.34. The second-order valence-corrected chi connectivity index (χ2v) is 6.81. The van der Waals surface area contributed by atoms with Gasteiger partial charge in [0.05, 0.1) is 12.0 Å². The number of nitrogens with zero attached hydrogens (tertiary/aromatic N) is 2. The van der Waals surface area contributed by atoms with Gasteiger partial charge in [-0.3, -0.25) is 14.6 Å². The van der Waals surface area contributed by atoms with E-state index in [1.54, 1.807) is 17.3 Å². The van der Waals surface area contributed by atoms with E-state index in [1.807, 2.05) is 43.3 Å². The maximum absolute atomic E-state index is 12.5. The Hall–Kier alpha value is -2.21. The molecule has 1 aliphatic rings. The molecule has 2 unspecified atom stereocenters. The lowest BCUT2D eigenvalue weighted by molar-refractivity contribution is -0.126. The Morgan fingerprint density at radius 2 is 2.08 bits per heavy atom. The number of pyridine rings is 1. The quantitative estimate of drug-likeness (QED) is 0.876. The van der Waals surface area contributed by atoms with Crippen LogP contribution in [-0.4, -0.2) is 23.3 Å². The fourth-order valence-corrected chi connectivity index (χ4v) is 3.06. The normalized spacial score (nSPS) is 18.5. The van der Waals surface area contributed by atoms with Crippen LogP contribution < -0.4 is 10.2 Å². The molecular weight excluding hydrogens is 370 g/mol. The molecule has 1 N–H and O–H groups in total. The molecule has 124 valence electrons. The number of rotatable bonds is 4. The second kappa shape index (κ2) is 7.13. The van der Waals surface area contributed by atoms with Gasteiger partial charge in [-0.15, -0.1) is 0 Å². The molecule has 1 aliphatic heterocycles. The number of aromatic nitrogens is 1. The summed E-state index contributed by atoms with van der Waals surface area (Å²) < 4.78 is 0.956. The lowest BCUT2D eigenvalue weighted by atomic mass is 10.1. The van der Waals surface area contributed by atoms with Gasteiger partial charge in [0.2, 0.25) is 11.8 Å². The van der Waals surface area contributed by atoms with E-state index in [9.17, 15) is 9.59 Å². The zero-order valence-corrected chi connectivity index (χ0v) is 14.9. The van der Waals surface area contributed by atoms with Gasteiger partial charge in [0.15, 0.2) is 0 Å². The van der Waals surface area contributed by atoms with Crippen molar-refractivity contribution in [3.05, 3.63) is 58.8 Å². The average Bonchev–Trinajstić information content (AvgIpc) is 2.98. The molecule has 0 radical (unpaired) electrons. The molecule has 2 atom stereocenters. The van der Waals surface area contributed by atoms with Crippen molar-refractivity contribution in [2.75, 3.05) is 11.4 Å². The molecule has 0 aliphatic carbocycles. The first-order valence-corrected chi connectivity index (χ1v) is 8.60. The molecule has 1 fully saturated rings. The van der Waals surface area contributed by atoms with Gasteiger partial charge in [-0.25, -0.2) is 0 Å². The SMILES string of the molecule is CC(NC(=O)C1CC(=O)N(c2ccc(Br)cc2)C1)c1cccnc1. The Kier molecular flexibility index (Phi) is 4.94. The zero-order chi connectivity index (χ0) is 17.1. The van der Waals surface area contributed by atoms with Gasteiger partial charge in [-0.05, 0) is 42.8 Å². The Bertz CT molecular complexity index is 734. The molecule has 3 rings (SSSR count). The van der Waals surface area contributed by atoms with E-state index in [4.69, 9.17) is 0 Å². The molecule has 2 amide bonds. The van der Waals surface area contributed by atoms with E-state index in [1.165, 1.54) is 0 Å². The third-order valence-electron chi connectivity index (χ3n) is 4.18. The van der Waals surface area contributed by atoms with Crippen LogP contribution in [0.4, 0.5) is 5.69 Å². The Labute approximate surface area is 149 Å². The van der Waals surface area contributed by atoms with Crippen LogP contribution in [0.3, 0.4) is 0 Å². The summed E-state index contributed by atoms with van der Waals surface area (Å²) in [5.41, 5.74) is 1.76. The molecular formula is C18H18BrN3O2. The summed E-state index contributed by atoms with van der Waals surface area (Å²) in [4.78, 5) is 30.5. The summed E-state index contributed by atoms with van der Waals surface area (Å²) >= 11 is 3.38. The minimum atomic E-state index is -0.333. The largest absolute Gasteiger partial charge is 0.349 e. The first-order chi connectivity index (χ1) is 11.5. The van der Waals surface area contributed by atoms with Gasteiger partial charge < -0.3 is 10.2 Å². The van der Waals surface area contributed by atoms with Crippen LogP contribution in [0.15, 0.2) is 53.3 Å². The van der Waals surface area contributed by atoms with Crippen LogP contribution in [0, 0.1) is 5.92 Å². The van der Waals surface area contributed by atoms with Crippen molar-refractivity contribution in [1.29, 1.82) is 0 Å². The van der Waals surface area contributed by atoms with E-state index in [0.29, 0.717) is 6.54 Å². The molecule has 5 nitrogen and oxygen atoms in total. The van der Waals surface area contributed by atoms with E-state index in [-0.39, 0.29) is 30.2 Å². The number of anilines is 1. The summed E-state index contributed by atoms with van der Waals surface area (Å²) in [5.74, 6) is -0.453. The van der Waals surface area contributed by atoms with Gasteiger partial charge in [-0.1, -0.05) is 22.0 Å². The Morgan fingerprint density at radius 3 is 2.75 bits per heavy atom. The fourth-order valence-electron chi connectivity index (χ4n) is 2.80. The fraction of sp³-hybridized carbons (Fsp3) is 0.278. The number of amides is 2. The number of hydrogen-bond donors (Lipinski definition) is 1. The molecule has 0 spiro atoms. The van der Waals surface area contributed by atoms with E-state index < -0.39 is 0 Å². The third kappa shape index (κ3) is 3.64. The first-order valence-electron chi connectivity index (χ1n) is 7.81. The smallest absolute Gasteiger partial charge is 0.227 e. The van der Waals surface area contributed by atoms with Crippen LogP contribution >= 0.6 is 15.9 Å². The van der Waals surface area contributed by atoms with Gasteiger partial charge >= 0.3 is 0 Å². The summed E-state index contributed by atoms with van der Waals surface area (Å²) in [7, 11) is 0. The Balaban J connectivity index is 1.64. The predicted octanol–water partition coefficient (Wildman–Crippen LogP) is 3.07. The molecule has 24 heavy (non-hydrogen) atoms. The van der Waals surface area contributed by atoms with Crippen molar-refractivity contribution in [3.63, 3.8) is 0 Å². The number of halogens is 1. The molecule has 2 heterocycles. The summed E-state index contributed by atoms with van der Waals surface area (Å²) in [6, 6.07) is 11.2. The third-order valence-corrected chi connectivity index (χ3v) is 4.71. The average molecular weight is 388 g/mol. The Morgan fingerprint density at radius 1 is 1.33 bits per heavy atom. The second-order valence-electron chi connectivity index (χ2n) is 5.90. The van der Waals surface area contributed by atoms with Crippen molar-refractivity contribution < 1.29 is 9.59 Å². The van der Waals surface area contributed by atoms with Crippen molar-refractivity contribution >= 4 is 33.4 Å². The summed E-state index contributed by atoms with van der Waals surface area (Å²) in [6.45, 7) is 2.32. The molecule has 0 bridgehead atoms. The minimum absolute atomic E-state index is 0.0218. The number of carbonyl (C=O) groups excluding carboxylic acids is 2. The molecule has 2 aromatic rings. The van der Waals surface area contributed by atoms with Crippen molar-refractivity contribution in [3.8, 4) is 0 Å². The maximum atomic E-state index is 12.5. The van der Waals surface area contributed by atoms with Gasteiger partial charge in [0.1, 0.15) is 0 Å². The van der Waals surface area contributed by atoms with E-state index in [2.05, 4.69) is 26.2 Å². The number of nitrogens with one attached hydrogen (secondary N) is 1. The van der Waals surface area contributed by atoms with Crippen LogP contribution in [0.2, 0.25) is 0 Å². The highest BCUT2D eigenvalue weighted by molar-refractivity contribution is 9.10. The van der Waals surface area contributed by atoms with Gasteiger partial charge in [-0.2, -0.15) is 0 Å². The first kappa shape index (κ1) is 16.6. The standard InChI is InChI=1S/C18H18BrN3O2/c1-12(13-3-2-8-20-10-13)21-18(24)14-9-17(23)22(11-14)16-6-4-15(19)5-7-16/h2-8,10,12,14H,9,11H2,1H3,(H,21,24). The predicted molar refractivity (Wildman–Crippen MR) is 95.4 cm³/mol. The number of hydrogen-bond acceptors (Lipinski definition) is 3. The van der Waals surface area contributed by atoms with E-state index >= 15 is 0 Å². The highest BCUT2D eigenvalue weighted by Crippen LogP contribution is 2.27. The van der Waals surface area contributed by atoms with Crippen LogP contribution in [-0.2, 0) is 9.59 Å². The number of carbonyl (C=O) groups is 2. The molecule has 1 saturated heterocycles. The highest BCUT2D eigenvalue weighted by atomic mass is 79.9. The minimum Gasteiger partial charge on any atom is -0.349 e. The highest BCUT2D eigenvalue weighted by Gasteiger charge is 2.35. The van der Waals surface area contributed by atoms with Crippen molar-refractivity contribution in [2.45, 2.75) is 19.4 Å². The maximum Gasteiger partial charge on any atom is 0.227 e. The zero-order valence-electron chi connectivity index (χ0n) is 13.3. The van der Waals surface area contributed by atoms with Gasteiger partial charge in [0, 0.05) is 35.5 Å². The number of benzene rings is 1. The monoisotopic (exact) mass is 387 g/mol. The van der Waals surface area contributed by atoms with Crippen LogP contribution in [0.1, 0.15) is 24.9 Å². The topological polar surface area (TPSA) is 62.3 Å². The summed E-state index contributed by atoms with van der Waals surface area (Å²) in [6.07, 6.45) is 3.67. The van der Waals surface area contributed by atoms with Gasteiger partial charge in [0.25, 0.3) is 0 Å².